The van der Waals surface area contributed by atoms with Crippen LogP contribution in [0.1, 0.15) is 38.5 Å². The van der Waals surface area contributed by atoms with Crippen molar-refractivity contribution in [3.8, 4) is 0 Å². The van der Waals surface area contributed by atoms with Crippen molar-refractivity contribution in [2.45, 2.75) is 38.5 Å². The van der Waals surface area contributed by atoms with E-state index in [4.69, 9.17) is 5.73 Å². The van der Waals surface area contributed by atoms with Crippen molar-refractivity contribution in [3.63, 3.8) is 0 Å². The lowest BCUT2D eigenvalue weighted by atomic mass is 9.71. The van der Waals surface area contributed by atoms with Crippen LogP contribution in [0.3, 0.4) is 0 Å². The van der Waals surface area contributed by atoms with Gasteiger partial charge in [-0.05, 0) is 24.8 Å². The molecule has 0 atom stereocenters. The Bertz CT molecular complexity index is 419. The molecule has 1 saturated heterocycles. The molecule has 2 fully saturated rings. The van der Waals surface area contributed by atoms with E-state index in [9.17, 15) is 13.2 Å². The van der Waals surface area contributed by atoms with Crippen molar-refractivity contribution in [2.75, 3.05) is 31.1 Å². The van der Waals surface area contributed by atoms with Crippen LogP contribution in [0.4, 0.5) is 0 Å². The molecule has 2 N–H and O–H groups in total. The summed E-state index contributed by atoms with van der Waals surface area (Å²) in [5.41, 5.74) is 5.86. The van der Waals surface area contributed by atoms with E-state index in [0.717, 1.165) is 25.7 Å². The lowest BCUT2D eigenvalue weighted by molar-refractivity contribution is -0.133. The van der Waals surface area contributed by atoms with E-state index in [1.54, 1.807) is 4.90 Å². The van der Waals surface area contributed by atoms with Crippen LogP contribution in [0.2, 0.25) is 0 Å². The van der Waals surface area contributed by atoms with Gasteiger partial charge in [0, 0.05) is 19.5 Å². The van der Waals surface area contributed by atoms with E-state index < -0.39 is 9.84 Å². The Hall–Kier alpha value is -0.330. The number of halogens is 1. The van der Waals surface area contributed by atoms with Gasteiger partial charge in [0.05, 0.1) is 11.5 Å². The van der Waals surface area contributed by atoms with E-state index in [1.807, 2.05) is 0 Å². The minimum absolute atomic E-state index is 0. The van der Waals surface area contributed by atoms with E-state index >= 15 is 0 Å². The predicted octanol–water partition coefficient (Wildman–Crippen LogP) is 0.964. The highest BCUT2D eigenvalue weighted by Crippen LogP contribution is 2.38. The number of hydrogen-bond acceptors (Lipinski definition) is 4. The lowest BCUT2D eigenvalue weighted by Crippen LogP contribution is -2.46. The Morgan fingerprint density at radius 3 is 2.15 bits per heavy atom. The molecule has 1 aliphatic carbocycles. The van der Waals surface area contributed by atoms with Crippen molar-refractivity contribution < 1.29 is 13.2 Å². The molecule has 0 spiro atoms. The van der Waals surface area contributed by atoms with E-state index in [0.29, 0.717) is 26.1 Å². The first-order chi connectivity index (χ1) is 8.96. The second-order valence-electron chi connectivity index (χ2n) is 5.97. The average Bonchev–Trinajstić information content (AvgIpc) is 2.39. The molecule has 0 aromatic rings. The third-order valence-corrected chi connectivity index (χ3v) is 6.18. The molecule has 1 amide bonds. The molecule has 2 aliphatic rings. The third-order valence-electron chi connectivity index (χ3n) is 4.57. The Morgan fingerprint density at radius 1 is 1.10 bits per heavy atom. The van der Waals surface area contributed by atoms with Crippen LogP contribution in [-0.4, -0.2) is 50.4 Å². The molecular weight excluding hydrogens is 300 g/mol. The van der Waals surface area contributed by atoms with Crippen molar-refractivity contribution in [1.82, 2.24) is 4.90 Å². The summed E-state index contributed by atoms with van der Waals surface area (Å²) in [6.45, 7) is 1.26. The topological polar surface area (TPSA) is 80.5 Å². The second-order valence-corrected chi connectivity index (χ2v) is 8.28. The molecule has 2 rings (SSSR count). The highest BCUT2D eigenvalue weighted by Gasteiger charge is 2.35. The Morgan fingerprint density at radius 2 is 1.65 bits per heavy atom. The maximum Gasteiger partial charge on any atom is 0.223 e. The zero-order chi connectivity index (χ0) is 13.9. The van der Waals surface area contributed by atoms with Gasteiger partial charge in [0.25, 0.3) is 0 Å². The number of amides is 1. The first-order valence-corrected chi connectivity index (χ1v) is 8.97. The van der Waals surface area contributed by atoms with Crippen LogP contribution < -0.4 is 5.73 Å². The van der Waals surface area contributed by atoms with Gasteiger partial charge < -0.3 is 10.6 Å². The van der Waals surface area contributed by atoms with Gasteiger partial charge in [-0.2, -0.15) is 0 Å². The standard InChI is InChI=1S/C13H24N2O3S.ClH/c14-11-13(4-2-1-3-5-13)10-12(16)15-6-8-19(17,18)9-7-15;/h1-11,14H2;1H. The second kappa shape index (κ2) is 7.09. The summed E-state index contributed by atoms with van der Waals surface area (Å²) in [6.07, 6.45) is 6.09. The highest BCUT2D eigenvalue weighted by molar-refractivity contribution is 7.91. The zero-order valence-electron chi connectivity index (χ0n) is 11.8. The Kier molecular flexibility index (Phi) is 6.28. The van der Waals surface area contributed by atoms with Crippen LogP contribution in [-0.2, 0) is 14.6 Å². The number of rotatable bonds is 3. The monoisotopic (exact) mass is 324 g/mol. The summed E-state index contributed by atoms with van der Waals surface area (Å²) in [7, 11) is -2.92. The summed E-state index contributed by atoms with van der Waals surface area (Å²) in [6, 6.07) is 0. The van der Waals surface area contributed by atoms with E-state index in [-0.39, 0.29) is 35.2 Å². The van der Waals surface area contributed by atoms with Gasteiger partial charge in [0.15, 0.2) is 9.84 Å². The molecule has 7 heteroatoms. The molecule has 20 heavy (non-hydrogen) atoms. The van der Waals surface area contributed by atoms with Gasteiger partial charge in [0.1, 0.15) is 0 Å². The summed E-state index contributed by atoms with van der Waals surface area (Å²) in [4.78, 5) is 14.0. The molecule has 1 aliphatic heterocycles. The number of carbonyl (C=O) groups is 1. The number of carbonyl (C=O) groups excluding carboxylic acids is 1. The molecule has 0 aromatic carbocycles. The fraction of sp³-hybridized carbons (Fsp3) is 0.923. The summed E-state index contributed by atoms with van der Waals surface area (Å²) in [5, 5.41) is 0. The average molecular weight is 325 g/mol. The molecule has 1 saturated carbocycles. The largest absolute Gasteiger partial charge is 0.341 e. The van der Waals surface area contributed by atoms with Gasteiger partial charge in [-0.3, -0.25) is 4.79 Å². The molecule has 0 unspecified atom stereocenters. The minimum Gasteiger partial charge on any atom is -0.341 e. The van der Waals surface area contributed by atoms with Crippen LogP contribution in [0, 0.1) is 5.41 Å². The molecule has 0 aromatic heterocycles. The van der Waals surface area contributed by atoms with E-state index in [1.165, 1.54) is 6.42 Å². The van der Waals surface area contributed by atoms with Gasteiger partial charge in [0.2, 0.25) is 5.91 Å². The first-order valence-electron chi connectivity index (χ1n) is 7.15. The summed E-state index contributed by atoms with van der Waals surface area (Å²) >= 11 is 0. The van der Waals surface area contributed by atoms with Crippen molar-refractivity contribution in [2.24, 2.45) is 11.1 Å². The lowest BCUT2D eigenvalue weighted by Gasteiger charge is -2.38. The van der Waals surface area contributed by atoms with Crippen LogP contribution in [0.25, 0.3) is 0 Å². The SMILES string of the molecule is Cl.NCC1(CC(=O)N2CCS(=O)(=O)CC2)CCCCC1. The molecular formula is C13H25ClN2O3S. The Balaban J connectivity index is 0.00000200. The summed E-state index contributed by atoms with van der Waals surface area (Å²) < 4.78 is 22.7. The smallest absolute Gasteiger partial charge is 0.223 e. The maximum absolute atomic E-state index is 12.3. The molecule has 0 bridgehead atoms. The minimum atomic E-state index is -2.92. The van der Waals surface area contributed by atoms with Gasteiger partial charge in [-0.1, -0.05) is 19.3 Å². The zero-order valence-corrected chi connectivity index (χ0v) is 13.5. The molecule has 1 heterocycles. The van der Waals surface area contributed by atoms with Crippen LogP contribution in [0.15, 0.2) is 0 Å². The van der Waals surface area contributed by atoms with Crippen LogP contribution >= 0.6 is 12.4 Å². The number of sulfone groups is 1. The number of nitrogens with two attached hydrogens (primary N) is 1. The number of hydrogen-bond donors (Lipinski definition) is 1. The fourth-order valence-corrected chi connectivity index (χ4v) is 4.35. The van der Waals surface area contributed by atoms with Gasteiger partial charge in [-0.25, -0.2) is 8.42 Å². The quantitative estimate of drug-likeness (QED) is 0.838. The predicted molar refractivity (Wildman–Crippen MR) is 81.7 cm³/mol. The van der Waals surface area contributed by atoms with Crippen molar-refractivity contribution in [3.05, 3.63) is 0 Å². The third kappa shape index (κ3) is 4.33. The molecule has 0 radical (unpaired) electrons. The van der Waals surface area contributed by atoms with Crippen molar-refractivity contribution >= 4 is 28.2 Å². The molecule has 118 valence electrons. The van der Waals surface area contributed by atoms with E-state index in [2.05, 4.69) is 0 Å². The highest BCUT2D eigenvalue weighted by atomic mass is 35.5. The van der Waals surface area contributed by atoms with Gasteiger partial charge in [-0.15, -0.1) is 12.4 Å². The Labute approximate surface area is 127 Å². The molecule has 5 nitrogen and oxygen atoms in total. The maximum atomic E-state index is 12.3. The number of nitrogens with zero attached hydrogens (tertiary/aromatic N) is 1. The summed E-state index contributed by atoms with van der Waals surface area (Å²) in [5.74, 6) is 0.296. The van der Waals surface area contributed by atoms with Gasteiger partial charge >= 0.3 is 0 Å². The fourth-order valence-electron chi connectivity index (χ4n) is 3.15. The van der Waals surface area contributed by atoms with Crippen LogP contribution in [0.5, 0.6) is 0 Å². The van der Waals surface area contributed by atoms with Crippen molar-refractivity contribution in [1.29, 1.82) is 0 Å². The normalized spacial score (nSPS) is 24.8. The first kappa shape index (κ1) is 17.7.